The highest BCUT2D eigenvalue weighted by molar-refractivity contribution is 6.15. The molecule has 1 aliphatic carbocycles. The van der Waals surface area contributed by atoms with E-state index < -0.39 is 0 Å². The second kappa shape index (κ2) is 8.16. The van der Waals surface area contributed by atoms with E-state index in [1.54, 1.807) is 46.6 Å². The normalized spacial score (nSPS) is 13.5. The minimum Gasteiger partial charge on any atom is -0.497 e. The third-order valence-corrected chi connectivity index (χ3v) is 4.87. The van der Waals surface area contributed by atoms with Gasteiger partial charge in [-0.1, -0.05) is 0 Å². The second-order valence-corrected chi connectivity index (χ2v) is 6.27. The minimum atomic E-state index is -0.0388. The van der Waals surface area contributed by atoms with Gasteiger partial charge in [0.15, 0.2) is 5.78 Å². The molecular weight excluding hydrogens is 344 g/mol. The van der Waals surface area contributed by atoms with Crippen molar-refractivity contribution in [3.05, 3.63) is 53.1 Å². The first-order valence-corrected chi connectivity index (χ1v) is 8.84. The first-order valence-electron chi connectivity index (χ1n) is 8.84. The molecule has 0 aliphatic heterocycles. The molecule has 0 heterocycles. The van der Waals surface area contributed by atoms with E-state index in [1.165, 1.54) is 0 Å². The van der Waals surface area contributed by atoms with Crippen molar-refractivity contribution in [2.75, 3.05) is 28.4 Å². The maximum atomic E-state index is 13.4. The van der Waals surface area contributed by atoms with Crippen molar-refractivity contribution in [1.82, 2.24) is 0 Å². The molecule has 0 saturated carbocycles. The van der Waals surface area contributed by atoms with Gasteiger partial charge in [-0.3, -0.25) is 4.79 Å². The lowest BCUT2D eigenvalue weighted by atomic mass is 9.95. The van der Waals surface area contributed by atoms with E-state index in [0.29, 0.717) is 17.1 Å². The lowest BCUT2D eigenvalue weighted by Gasteiger charge is -2.14. The van der Waals surface area contributed by atoms with E-state index in [0.717, 1.165) is 47.5 Å². The number of ketones is 1. The molecule has 0 aromatic heterocycles. The fraction of sp³-hybridized carbons (Fsp3) is 0.318. The molecule has 142 valence electrons. The Bertz CT molecular complexity index is 882. The van der Waals surface area contributed by atoms with Gasteiger partial charge in [0.1, 0.15) is 23.0 Å². The van der Waals surface area contributed by atoms with Gasteiger partial charge < -0.3 is 18.9 Å². The summed E-state index contributed by atoms with van der Waals surface area (Å²) >= 11 is 0. The molecule has 0 saturated heterocycles. The minimum absolute atomic E-state index is 0.0388. The SMILES string of the molecule is COc1ccc(OC)c(C(=O)C2=C(c3cc(OC)ccc3OC)CCC2)c1. The Morgan fingerprint density at radius 3 is 2.04 bits per heavy atom. The van der Waals surface area contributed by atoms with Crippen LogP contribution < -0.4 is 18.9 Å². The molecular formula is C22H24O5. The number of benzene rings is 2. The van der Waals surface area contributed by atoms with Crippen LogP contribution in [0.5, 0.6) is 23.0 Å². The van der Waals surface area contributed by atoms with E-state index >= 15 is 0 Å². The average Bonchev–Trinajstić information content (AvgIpc) is 3.21. The molecule has 3 rings (SSSR count). The van der Waals surface area contributed by atoms with Gasteiger partial charge in [-0.25, -0.2) is 0 Å². The molecule has 0 bridgehead atoms. The Kier molecular flexibility index (Phi) is 5.69. The van der Waals surface area contributed by atoms with Crippen LogP contribution in [0.2, 0.25) is 0 Å². The number of ether oxygens (including phenoxy) is 4. The van der Waals surface area contributed by atoms with Gasteiger partial charge in [-0.05, 0) is 61.2 Å². The monoisotopic (exact) mass is 368 g/mol. The van der Waals surface area contributed by atoms with Crippen LogP contribution >= 0.6 is 0 Å². The fourth-order valence-corrected chi connectivity index (χ4v) is 3.50. The molecule has 2 aromatic rings. The molecule has 0 atom stereocenters. The standard InChI is InChI=1S/C22H24O5/c1-24-14-8-10-20(26-3)18(12-14)16-6-5-7-17(16)22(23)19-13-15(25-2)9-11-21(19)27-4/h8-13H,5-7H2,1-4H3. The van der Waals surface area contributed by atoms with Gasteiger partial charge in [0.05, 0.1) is 34.0 Å². The van der Waals surface area contributed by atoms with E-state index in [2.05, 4.69) is 0 Å². The van der Waals surface area contributed by atoms with Crippen LogP contribution in [-0.2, 0) is 0 Å². The van der Waals surface area contributed by atoms with Gasteiger partial charge in [0.2, 0.25) is 0 Å². The summed E-state index contributed by atoms with van der Waals surface area (Å²) in [6.07, 6.45) is 2.45. The third-order valence-electron chi connectivity index (χ3n) is 4.87. The summed E-state index contributed by atoms with van der Waals surface area (Å²) in [6, 6.07) is 10.9. The van der Waals surface area contributed by atoms with Gasteiger partial charge in [-0.2, -0.15) is 0 Å². The lowest BCUT2D eigenvalue weighted by Crippen LogP contribution is -2.06. The maximum absolute atomic E-state index is 13.4. The van der Waals surface area contributed by atoms with E-state index in [9.17, 15) is 4.79 Å². The van der Waals surface area contributed by atoms with Crippen molar-refractivity contribution in [2.45, 2.75) is 19.3 Å². The predicted molar refractivity (Wildman–Crippen MR) is 104 cm³/mol. The van der Waals surface area contributed by atoms with Gasteiger partial charge in [0, 0.05) is 11.1 Å². The van der Waals surface area contributed by atoms with Crippen molar-refractivity contribution in [2.24, 2.45) is 0 Å². The highest BCUT2D eigenvalue weighted by Crippen LogP contribution is 2.42. The van der Waals surface area contributed by atoms with Crippen molar-refractivity contribution in [1.29, 1.82) is 0 Å². The number of Topliss-reactive ketones (excluding diaryl/α,β-unsaturated/α-hetero) is 1. The molecule has 0 spiro atoms. The van der Waals surface area contributed by atoms with Gasteiger partial charge in [0.25, 0.3) is 0 Å². The molecule has 0 amide bonds. The van der Waals surface area contributed by atoms with Crippen LogP contribution in [0.1, 0.15) is 35.2 Å². The quantitative estimate of drug-likeness (QED) is 0.672. The van der Waals surface area contributed by atoms with Crippen LogP contribution in [0.15, 0.2) is 42.0 Å². The van der Waals surface area contributed by atoms with E-state index in [1.807, 2.05) is 18.2 Å². The number of allylic oxidation sites excluding steroid dienone is 2. The molecule has 2 aromatic carbocycles. The lowest BCUT2D eigenvalue weighted by molar-refractivity contribution is 0.102. The highest BCUT2D eigenvalue weighted by Gasteiger charge is 2.27. The Morgan fingerprint density at radius 1 is 0.778 bits per heavy atom. The van der Waals surface area contributed by atoms with Crippen molar-refractivity contribution >= 4 is 11.4 Å². The first kappa shape index (κ1) is 18.8. The highest BCUT2D eigenvalue weighted by atomic mass is 16.5. The summed E-state index contributed by atoms with van der Waals surface area (Å²) in [6.45, 7) is 0. The fourth-order valence-electron chi connectivity index (χ4n) is 3.50. The van der Waals surface area contributed by atoms with Gasteiger partial charge in [-0.15, -0.1) is 0 Å². The molecule has 0 fully saturated rings. The summed E-state index contributed by atoms with van der Waals surface area (Å²) in [5.74, 6) is 2.59. The smallest absolute Gasteiger partial charge is 0.193 e. The Morgan fingerprint density at radius 2 is 1.41 bits per heavy atom. The summed E-state index contributed by atoms with van der Waals surface area (Å²) in [5, 5.41) is 0. The summed E-state index contributed by atoms with van der Waals surface area (Å²) in [7, 11) is 6.40. The number of hydrogen-bond donors (Lipinski definition) is 0. The van der Waals surface area contributed by atoms with Crippen LogP contribution in [0.25, 0.3) is 5.57 Å². The zero-order valence-electron chi connectivity index (χ0n) is 16.1. The van der Waals surface area contributed by atoms with Crippen LogP contribution in [-0.4, -0.2) is 34.2 Å². The zero-order valence-corrected chi connectivity index (χ0v) is 16.1. The number of hydrogen-bond acceptors (Lipinski definition) is 5. The molecule has 5 heteroatoms. The van der Waals surface area contributed by atoms with Gasteiger partial charge >= 0.3 is 0 Å². The largest absolute Gasteiger partial charge is 0.497 e. The number of rotatable bonds is 7. The van der Waals surface area contributed by atoms with Crippen LogP contribution in [0, 0.1) is 0 Å². The van der Waals surface area contributed by atoms with Crippen LogP contribution in [0.4, 0.5) is 0 Å². The number of methoxy groups -OCH3 is 4. The third kappa shape index (κ3) is 3.63. The average molecular weight is 368 g/mol. The second-order valence-electron chi connectivity index (χ2n) is 6.27. The Balaban J connectivity index is 2.12. The summed E-state index contributed by atoms with van der Waals surface area (Å²) < 4.78 is 21.6. The molecule has 0 N–H and O–H groups in total. The molecule has 1 aliphatic rings. The number of carbonyl (C=O) groups excluding carboxylic acids is 1. The molecule has 0 unspecified atom stereocenters. The predicted octanol–water partition coefficient (Wildman–Crippen LogP) is 4.54. The molecule has 5 nitrogen and oxygen atoms in total. The summed E-state index contributed by atoms with van der Waals surface area (Å²) in [4.78, 5) is 13.4. The van der Waals surface area contributed by atoms with Crippen LogP contribution in [0.3, 0.4) is 0 Å². The Labute approximate surface area is 159 Å². The summed E-state index contributed by atoms with van der Waals surface area (Å²) in [5.41, 5.74) is 3.20. The number of carbonyl (C=O) groups is 1. The van der Waals surface area contributed by atoms with E-state index in [-0.39, 0.29) is 5.78 Å². The molecule has 0 radical (unpaired) electrons. The van der Waals surface area contributed by atoms with Crippen molar-refractivity contribution in [3.8, 4) is 23.0 Å². The topological polar surface area (TPSA) is 54.0 Å². The zero-order chi connectivity index (χ0) is 19.4. The van der Waals surface area contributed by atoms with Crippen molar-refractivity contribution in [3.63, 3.8) is 0 Å². The van der Waals surface area contributed by atoms with E-state index in [4.69, 9.17) is 18.9 Å². The molecule has 27 heavy (non-hydrogen) atoms. The first-order chi connectivity index (χ1) is 13.1. The van der Waals surface area contributed by atoms with Crippen molar-refractivity contribution < 1.29 is 23.7 Å². The maximum Gasteiger partial charge on any atom is 0.193 e. The Hall–Kier alpha value is -2.95.